The van der Waals surface area contributed by atoms with E-state index < -0.39 is 0 Å². The summed E-state index contributed by atoms with van der Waals surface area (Å²) in [6.07, 6.45) is 6.12. The SMILES string of the molecule is Clc1ccc(NC2CCCC3(CCNc4ccccc4S3)C2)cc1Cl. The van der Waals surface area contributed by atoms with Crippen LogP contribution in [0.25, 0.3) is 0 Å². The van der Waals surface area contributed by atoms with Crippen LogP contribution in [0.4, 0.5) is 11.4 Å². The van der Waals surface area contributed by atoms with Gasteiger partial charge in [-0.05, 0) is 56.0 Å². The van der Waals surface area contributed by atoms with Crippen molar-refractivity contribution in [2.75, 3.05) is 17.2 Å². The lowest BCUT2D eigenvalue weighted by Gasteiger charge is -2.40. The van der Waals surface area contributed by atoms with Gasteiger partial charge in [-0.25, -0.2) is 0 Å². The molecule has 1 aliphatic heterocycles. The fourth-order valence-corrected chi connectivity index (χ4v) is 5.90. The molecule has 1 heterocycles. The third-order valence-corrected chi connectivity index (χ3v) is 7.53. The van der Waals surface area contributed by atoms with E-state index in [-0.39, 0.29) is 0 Å². The molecular formula is C20H22Cl2N2S. The zero-order chi connectivity index (χ0) is 17.3. The van der Waals surface area contributed by atoms with E-state index in [2.05, 4.69) is 46.7 Å². The van der Waals surface area contributed by atoms with Crippen LogP contribution in [0.3, 0.4) is 0 Å². The quantitative estimate of drug-likeness (QED) is 0.594. The predicted octanol–water partition coefficient (Wildman–Crippen LogP) is 6.69. The Balaban J connectivity index is 1.51. The van der Waals surface area contributed by atoms with Crippen molar-refractivity contribution in [2.45, 2.75) is 47.8 Å². The van der Waals surface area contributed by atoms with Crippen molar-refractivity contribution in [3.8, 4) is 0 Å². The second-order valence-electron chi connectivity index (χ2n) is 7.02. The number of hydrogen-bond donors (Lipinski definition) is 2. The fraction of sp³-hybridized carbons (Fsp3) is 0.400. The van der Waals surface area contributed by atoms with Crippen LogP contribution in [0, 0.1) is 0 Å². The van der Waals surface area contributed by atoms with E-state index in [9.17, 15) is 0 Å². The van der Waals surface area contributed by atoms with Gasteiger partial charge in [0.1, 0.15) is 0 Å². The van der Waals surface area contributed by atoms with E-state index in [0.29, 0.717) is 20.8 Å². The van der Waals surface area contributed by atoms with E-state index >= 15 is 0 Å². The zero-order valence-electron chi connectivity index (χ0n) is 14.0. The number of rotatable bonds is 2. The number of thioether (sulfide) groups is 1. The number of halogens is 2. The van der Waals surface area contributed by atoms with Gasteiger partial charge in [0.05, 0.1) is 10.0 Å². The summed E-state index contributed by atoms with van der Waals surface area (Å²) in [6.45, 7) is 1.05. The minimum atomic E-state index is 0.311. The topological polar surface area (TPSA) is 24.1 Å². The number of nitrogens with one attached hydrogen (secondary N) is 2. The van der Waals surface area contributed by atoms with Gasteiger partial charge < -0.3 is 10.6 Å². The van der Waals surface area contributed by atoms with Gasteiger partial charge in [0.2, 0.25) is 0 Å². The number of para-hydroxylation sites is 1. The molecule has 2 aromatic carbocycles. The minimum Gasteiger partial charge on any atom is -0.384 e. The Morgan fingerprint density at radius 3 is 2.84 bits per heavy atom. The highest BCUT2D eigenvalue weighted by Crippen LogP contribution is 2.50. The highest BCUT2D eigenvalue weighted by Gasteiger charge is 2.38. The molecule has 2 aliphatic rings. The summed E-state index contributed by atoms with van der Waals surface area (Å²) in [7, 11) is 0. The first-order chi connectivity index (χ1) is 12.1. The van der Waals surface area contributed by atoms with Crippen LogP contribution in [0.5, 0.6) is 0 Å². The van der Waals surface area contributed by atoms with Crippen molar-refractivity contribution in [2.24, 2.45) is 0 Å². The van der Waals surface area contributed by atoms with Gasteiger partial charge in [0.15, 0.2) is 0 Å². The van der Waals surface area contributed by atoms with Gasteiger partial charge in [-0.3, -0.25) is 0 Å². The molecule has 1 fully saturated rings. The summed E-state index contributed by atoms with van der Waals surface area (Å²) < 4.78 is 0.311. The molecule has 4 rings (SSSR count). The van der Waals surface area contributed by atoms with E-state index in [0.717, 1.165) is 12.2 Å². The lowest BCUT2D eigenvalue weighted by atomic mass is 9.82. The lowest BCUT2D eigenvalue weighted by Crippen LogP contribution is -2.38. The first-order valence-electron chi connectivity index (χ1n) is 8.87. The molecule has 0 radical (unpaired) electrons. The largest absolute Gasteiger partial charge is 0.384 e. The van der Waals surface area contributed by atoms with Crippen LogP contribution in [0.1, 0.15) is 32.1 Å². The first kappa shape index (κ1) is 17.4. The van der Waals surface area contributed by atoms with E-state index in [1.54, 1.807) is 0 Å². The molecule has 2 atom stereocenters. The maximum absolute atomic E-state index is 6.17. The Morgan fingerprint density at radius 2 is 1.96 bits per heavy atom. The molecule has 1 saturated carbocycles. The second-order valence-corrected chi connectivity index (χ2v) is 9.35. The van der Waals surface area contributed by atoms with E-state index in [1.807, 2.05) is 18.2 Å². The predicted molar refractivity (Wildman–Crippen MR) is 110 cm³/mol. The Morgan fingerprint density at radius 1 is 1.08 bits per heavy atom. The summed E-state index contributed by atoms with van der Waals surface area (Å²) in [5.74, 6) is 0. The van der Waals surface area contributed by atoms with Crippen LogP contribution in [-0.4, -0.2) is 17.3 Å². The van der Waals surface area contributed by atoms with Gasteiger partial charge in [-0.15, -0.1) is 11.8 Å². The summed E-state index contributed by atoms with van der Waals surface area (Å²) >= 11 is 14.3. The molecule has 2 aromatic rings. The highest BCUT2D eigenvalue weighted by molar-refractivity contribution is 8.00. The maximum atomic E-state index is 6.17. The average molecular weight is 393 g/mol. The summed E-state index contributed by atoms with van der Waals surface area (Å²) in [5.41, 5.74) is 2.34. The highest BCUT2D eigenvalue weighted by atomic mass is 35.5. The van der Waals surface area contributed by atoms with Gasteiger partial charge in [-0.2, -0.15) is 0 Å². The molecule has 0 amide bonds. The molecule has 132 valence electrons. The Bertz CT molecular complexity index is 767. The second kappa shape index (κ2) is 7.30. The van der Waals surface area contributed by atoms with E-state index in [4.69, 9.17) is 23.2 Å². The number of fused-ring (bicyclic) bond motifs is 1. The molecule has 0 saturated heterocycles. The molecule has 1 aliphatic carbocycles. The van der Waals surface area contributed by atoms with Crippen LogP contribution in [0.15, 0.2) is 47.4 Å². The van der Waals surface area contributed by atoms with E-state index in [1.165, 1.54) is 42.7 Å². The van der Waals surface area contributed by atoms with Crippen molar-refractivity contribution in [3.63, 3.8) is 0 Å². The molecule has 0 bridgehead atoms. The molecule has 2 N–H and O–H groups in total. The van der Waals surface area contributed by atoms with Crippen LogP contribution < -0.4 is 10.6 Å². The average Bonchev–Trinajstić information content (AvgIpc) is 2.77. The molecular weight excluding hydrogens is 371 g/mol. The fourth-order valence-electron chi connectivity index (χ4n) is 4.00. The van der Waals surface area contributed by atoms with Crippen LogP contribution in [-0.2, 0) is 0 Å². The number of benzene rings is 2. The smallest absolute Gasteiger partial charge is 0.0612 e. The van der Waals surface area contributed by atoms with Crippen molar-refractivity contribution in [1.29, 1.82) is 0 Å². The molecule has 5 heteroatoms. The Labute approximate surface area is 163 Å². The standard InChI is InChI=1S/C20H22Cl2N2S/c21-16-8-7-14(12-17(16)22)24-15-4-3-9-20(13-15)10-11-23-18-5-1-2-6-19(18)25-20/h1-2,5-8,12,15,23-24H,3-4,9-11,13H2. The Hall–Kier alpha value is -1.03. The van der Waals surface area contributed by atoms with Gasteiger partial charge >= 0.3 is 0 Å². The molecule has 1 spiro atoms. The monoisotopic (exact) mass is 392 g/mol. The maximum Gasteiger partial charge on any atom is 0.0612 e. The summed E-state index contributed by atoms with van der Waals surface area (Å²) in [4.78, 5) is 1.38. The summed E-state index contributed by atoms with van der Waals surface area (Å²) in [5, 5.41) is 8.51. The van der Waals surface area contributed by atoms with Gasteiger partial charge in [0.25, 0.3) is 0 Å². The van der Waals surface area contributed by atoms with Crippen LogP contribution >= 0.6 is 35.0 Å². The first-order valence-corrected chi connectivity index (χ1v) is 10.4. The van der Waals surface area contributed by atoms with Gasteiger partial charge in [0, 0.05) is 33.6 Å². The molecule has 2 unspecified atom stereocenters. The van der Waals surface area contributed by atoms with Crippen LogP contribution in [0.2, 0.25) is 10.0 Å². The Kier molecular flexibility index (Phi) is 5.08. The molecule has 0 aromatic heterocycles. The van der Waals surface area contributed by atoms with Crippen molar-refractivity contribution in [3.05, 3.63) is 52.5 Å². The summed E-state index contributed by atoms with van der Waals surface area (Å²) in [6, 6.07) is 15.0. The third kappa shape index (κ3) is 3.89. The number of hydrogen-bond acceptors (Lipinski definition) is 3. The zero-order valence-corrected chi connectivity index (χ0v) is 16.4. The van der Waals surface area contributed by atoms with Crippen molar-refractivity contribution >= 4 is 46.3 Å². The molecule has 2 nitrogen and oxygen atoms in total. The van der Waals surface area contributed by atoms with Crippen molar-refractivity contribution in [1.82, 2.24) is 0 Å². The third-order valence-electron chi connectivity index (χ3n) is 5.20. The minimum absolute atomic E-state index is 0.311. The molecule has 25 heavy (non-hydrogen) atoms. The number of anilines is 2. The lowest BCUT2D eigenvalue weighted by molar-refractivity contribution is 0.361. The van der Waals surface area contributed by atoms with Crippen molar-refractivity contribution < 1.29 is 0 Å². The van der Waals surface area contributed by atoms with Gasteiger partial charge in [-0.1, -0.05) is 41.8 Å². The normalized spacial score (nSPS) is 25.8.